The Hall–Kier alpha value is -2.86. The SMILES string of the molecule is CCOc1cc(/C=C2/C(=O)N(c3ccc(Cl)cc3)C(=S)N2CC(=O)OC)cc(I)c1OCc1ccc(Cl)cc1. The average molecular weight is 697 g/mol. The van der Waals surface area contributed by atoms with Crippen molar-refractivity contribution in [2.75, 3.05) is 25.2 Å². The Morgan fingerprint density at radius 2 is 1.67 bits per heavy atom. The third-order valence-electron chi connectivity index (χ3n) is 5.67. The summed E-state index contributed by atoms with van der Waals surface area (Å²) in [6.07, 6.45) is 1.67. The molecule has 0 bridgehead atoms. The van der Waals surface area contributed by atoms with Gasteiger partial charge in [0, 0.05) is 10.0 Å². The first-order valence-electron chi connectivity index (χ1n) is 11.8. The van der Waals surface area contributed by atoms with Crippen molar-refractivity contribution in [3.05, 3.63) is 91.1 Å². The lowest BCUT2D eigenvalue weighted by Gasteiger charge is -2.19. The Morgan fingerprint density at radius 3 is 2.28 bits per heavy atom. The van der Waals surface area contributed by atoms with Crippen LogP contribution >= 0.6 is 58.0 Å². The first-order chi connectivity index (χ1) is 18.7. The largest absolute Gasteiger partial charge is 0.490 e. The molecule has 1 saturated heterocycles. The molecule has 0 aliphatic carbocycles. The molecule has 0 spiro atoms. The molecule has 0 N–H and O–H groups in total. The highest BCUT2D eigenvalue weighted by Gasteiger charge is 2.40. The molecule has 39 heavy (non-hydrogen) atoms. The summed E-state index contributed by atoms with van der Waals surface area (Å²) in [6.45, 7) is 2.38. The number of carbonyl (C=O) groups excluding carboxylic acids is 2. The van der Waals surface area contributed by atoms with Gasteiger partial charge in [-0.25, -0.2) is 0 Å². The van der Waals surface area contributed by atoms with Crippen LogP contribution in [0.4, 0.5) is 5.69 Å². The minimum Gasteiger partial charge on any atom is -0.490 e. The molecular formula is C28H23Cl2IN2O5S. The second-order valence-corrected chi connectivity index (χ2v) is 10.7. The van der Waals surface area contributed by atoms with Crippen molar-refractivity contribution in [1.82, 2.24) is 4.90 Å². The number of hydrogen-bond donors (Lipinski definition) is 0. The number of nitrogens with zero attached hydrogens (tertiary/aromatic N) is 2. The summed E-state index contributed by atoms with van der Waals surface area (Å²) in [5.41, 5.74) is 2.37. The second-order valence-electron chi connectivity index (χ2n) is 8.27. The zero-order chi connectivity index (χ0) is 28.1. The number of methoxy groups -OCH3 is 1. The van der Waals surface area contributed by atoms with E-state index in [1.807, 2.05) is 25.1 Å². The highest BCUT2D eigenvalue weighted by Crippen LogP contribution is 2.37. The van der Waals surface area contributed by atoms with Crippen LogP contribution in [0.15, 0.2) is 66.4 Å². The Labute approximate surface area is 255 Å². The minimum absolute atomic E-state index is 0.154. The molecule has 0 radical (unpaired) electrons. The zero-order valence-electron chi connectivity index (χ0n) is 20.9. The van der Waals surface area contributed by atoms with Crippen molar-refractivity contribution in [3.8, 4) is 11.5 Å². The van der Waals surface area contributed by atoms with E-state index in [1.165, 1.54) is 16.9 Å². The van der Waals surface area contributed by atoms with Gasteiger partial charge in [0.2, 0.25) is 0 Å². The molecule has 1 amide bonds. The number of halogens is 3. The van der Waals surface area contributed by atoms with Crippen LogP contribution in [-0.2, 0) is 20.9 Å². The van der Waals surface area contributed by atoms with Crippen LogP contribution in [0.3, 0.4) is 0 Å². The fourth-order valence-electron chi connectivity index (χ4n) is 3.81. The van der Waals surface area contributed by atoms with E-state index in [1.54, 1.807) is 48.5 Å². The van der Waals surface area contributed by atoms with Crippen molar-refractivity contribution in [1.29, 1.82) is 0 Å². The van der Waals surface area contributed by atoms with Crippen molar-refractivity contribution >= 4 is 86.8 Å². The fourth-order valence-corrected chi connectivity index (χ4v) is 5.20. The topological polar surface area (TPSA) is 68.3 Å². The first kappa shape index (κ1) is 29.1. The van der Waals surface area contributed by atoms with Crippen molar-refractivity contribution in [2.45, 2.75) is 13.5 Å². The average Bonchev–Trinajstić information content (AvgIpc) is 3.13. The van der Waals surface area contributed by atoms with Crippen molar-refractivity contribution < 1.29 is 23.8 Å². The van der Waals surface area contributed by atoms with E-state index in [0.29, 0.717) is 46.0 Å². The van der Waals surface area contributed by atoms with Gasteiger partial charge in [-0.15, -0.1) is 0 Å². The van der Waals surface area contributed by atoms with Crippen LogP contribution in [0.1, 0.15) is 18.1 Å². The van der Waals surface area contributed by atoms with Crippen molar-refractivity contribution in [3.63, 3.8) is 0 Å². The number of rotatable bonds is 9. The second kappa shape index (κ2) is 13.0. The van der Waals surface area contributed by atoms with Gasteiger partial charge in [-0.3, -0.25) is 14.5 Å². The third kappa shape index (κ3) is 6.84. The first-order valence-corrected chi connectivity index (χ1v) is 14.0. The molecule has 202 valence electrons. The van der Waals surface area contributed by atoms with E-state index in [4.69, 9.17) is 49.6 Å². The molecule has 3 aromatic carbocycles. The standard InChI is InChI=1S/C28H23Cl2IN2O5S/c1-3-37-24-14-18(12-22(31)26(24)38-16-17-4-6-19(29)7-5-17)13-23-27(35)33(21-10-8-20(30)9-11-21)28(39)32(23)15-25(34)36-2/h4-14H,3,15-16H2,1-2H3/b23-13-. The quantitative estimate of drug-likeness (QED) is 0.107. The molecule has 1 fully saturated rings. The summed E-state index contributed by atoms with van der Waals surface area (Å²) in [7, 11) is 1.28. The van der Waals surface area contributed by atoms with Gasteiger partial charge in [0.05, 0.1) is 23.0 Å². The summed E-state index contributed by atoms with van der Waals surface area (Å²) in [5, 5.41) is 1.33. The van der Waals surface area contributed by atoms with Gasteiger partial charge in [0.1, 0.15) is 18.8 Å². The minimum atomic E-state index is -0.537. The lowest BCUT2D eigenvalue weighted by Crippen LogP contribution is -2.35. The molecule has 0 atom stereocenters. The van der Waals surface area contributed by atoms with E-state index < -0.39 is 5.97 Å². The van der Waals surface area contributed by atoms with Crippen LogP contribution in [0.5, 0.6) is 11.5 Å². The number of carbonyl (C=O) groups is 2. The lowest BCUT2D eigenvalue weighted by atomic mass is 10.1. The Balaban J connectivity index is 1.70. The molecule has 1 heterocycles. The Bertz CT molecular complexity index is 1430. The van der Waals surface area contributed by atoms with Gasteiger partial charge in [-0.05, 0) is 107 Å². The maximum Gasteiger partial charge on any atom is 0.325 e. The summed E-state index contributed by atoms with van der Waals surface area (Å²) in [5.74, 6) is 0.177. The monoisotopic (exact) mass is 696 g/mol. The molecule has 1 aliphatic heterocycles. The smallest absolute Gasteiger partial charge is 0.325 e. The van der Waals surface area contributed by atoms with E-state index in [9.17, 15) is 9.59 Å². The lowest BCUT2D eigenvalue weighted by molar-refractivity contribution is -0.140. The Kier molecular flexibility index (Phi) is 9.71. The molecule has 1 aliphatic rings. The molecule has 11 heteroatoms. The van der Waals surface area contributed by atoms with Crippen LogP contribution in [0.25, 0.3) is 6.08 Å². The van der Waals surface area contributed by atoms with Crippen LogP contribution in [0, 0.1) is 3.57 Å². The predicted octanol–water partition coefficient (Wildman–Crippen LogP) is 6.72. The number of amides is 1. The third-order valence-corrected chi connectivity index (χ3v) is 7.37. The van der Waals surface area contributed by atoms with Gasteiger partial charge in [0.25, 0.3) is 5.91 Å². The number of ether oxygens (including phenoxy) is 3. The van der Waals surface area contributed by atoms with E-state index >= 15 is 0 Å². The van der Waals surface area contributed by atoms with Crippen LogP contribution in [-0.4, -0.2) is 42.2 Å². The highest BCUT2D eigenvalue weighted by atomic mass is 127. The van der Waals surface area contributed by atoms with Crippen LogP contribution in [0.2, 0.25) is 10.0 Å². The van der Waals surface area contributed by atoms with Gasteiger partial charge in [-0.2, -0.15) is 0 Å². The normalized spacial score (nSPS) is 14.2. The molecule has 0 saturated carbocycles. The maximum atomic E-state index is 13.6. The molecule has 4 rings (SSSR count). The fraction of sp³-hybridized carbons (Fsp3) is 0.179. The molecule has 0 aromatic heterocycles. The number of hydrogen-bond acceptors (Lipinski definition) is 6. The Morgan fingerprint density at radius 1 is 1.03 bits per heavy atom. The van der Waals surface area contributed by atoms with E-state index in [0.717, 1.165) is 9.13 Å². The van der Waals surface area contributed by atoms with Gasteiger partial charge < -0.3 is 19.1 Å². The van der Waals surface area contributed by atoms with Crippen molar-refractivity contribution in [2.24, 2.45) is 0 Å². The number of esters is 1. The summed E-state index contributed by atoms with van der Waals surface area (Å²) >= 11 is 19.8. The van der Waals surface area contributed by atoms with Gasteiger partial charge in [-0.1, -0.05) is 35.3 Å². The van der Waals surface area contributed by atoms with E-state index in [2.05, 4.69) is 22.6 Å². The van der Waals surface area contributed by atoms with Crippen LogP contribution < -0.4 is 14.4 Å². The summed E-state index contributed by atoms with van der Waals surface area (Å²) in [6, 6.07) is 17.8. The molecular weight excluding hydrogens is 674 g/mol. The number of thiocarbonyl (C=S) groups is 1. The molecule has 7 nitrogen and oxygen atoms in total. The predicted molar refractivity (Wildman–Crippen MR) is 164 cm³/mol. The highest BCUT2D eigenvalue weighted by molar-refractivity contribution is 14.1. The maximum absolute atomic E-state index is 13.6. The van der Waals surface area contributed by atoms with Gasteiger partial charge >= 0.3 is 5.97 Å². The number of anilines is 1. The molecule has 3 aromatic rings. The molecule has 0 unspecified atom stereocenters. The number of benzene rings is 3. The zero-order valence-corrected chi connectivity index (χ0v) is 25.4. The summed E-state index contributed by atoms with van der Waals surface area (Å²) < 4.78 is 17.6. The van der Waals surface area contributed by atoms with Gasteiger partial charge in [0.15, 0.2) is 16.6 Å². The summed E-state index contributed by atoms with van der Waals surface area (Å²) in [4.78, 5) is 28.6. The van der Waals surface area contributed by atoms with E-state index in [-0.39, 0.29) is 23.3 Å².